The van der Waals surface area contributed by atoms with Crippen LogP contribution in [0.25, 0.3) is 0 Å². The molecule has 2 aromatic heterocycles. The molecule has 0 aliphatic carbocycles. The second-order valence-electron chi connectivity index (χ2n) is 8.28. The Hall–Kier alpha value is -2.60. The molecular weight excluding hydrogens is 432 g/mol. The molecule has 2 fully saturated rings. The van der Waals surface area contributed by atoms with E-state index in [2.05, 4.69) is 20.2 Å². The van der Waals surface area contributed by atoms with Gasteiger partial charge in [-0.1, -0.05) is 0 Å². The minimum atomic E-state index is -3.58. The van der Waals surface area contributed by atoms with E-state index in [4.69, 9.17) is 4.74 Å². The van der Waals surface area contributed by atoms with Gasteiger partial charge in [0.05, 0.1) is 31.5 Å². The Balaban J connectivity index is 1.14. The summed E-state index contributed by atoms with van der Waals surface area (Å²) in [4.78, 5) is 25.0. The zero-order valence-electron chi connectivity index (χ0n) is 17.7. The van der Waals surface area contributed by atoms with Crippen LogP contribution in [0.3, 0.4) is 0 Å². The lowest BCUT2D eigenvalue weighted by Gasteiger charge is -2.42. The van der Waals surface area contributed by atoms with Crippen molar-refractivity contribution in [3.05, 3.63) is 53.6 Å². The highest BCUT2D eigenvalue weighted by Crippen LogP contribution is 2.22. The van der Waals surface area contributed by atoms with Gasteiger partial charge in [0, 0.05) is 57.9 Å². The summed E-state index contributed by atoms with van der Waals surface area (Å²) >= 11 is 0. The second-order valence-corrected chi connectivity index (χ2v) is 10.2. The predicted molar refractivity (Wildman–Crippen MR) is 115 cm³/mol. The summed E-state index contributed by atoms with van der Waals surface area (Å²) in [5.41, 5.74) is 2.76. The molecule has 5 rings (SSSR count). The van der Waals surface area contributed by atoms with Gasteiger partial charge in [0.15, 0.2) is 0 Å². The van der Waals surface area contributed by atoms with Crippen molar-refractivity contribution in [3.8, 4) is 0 Å². The quantitative estimate of drug-likeness (QED) is 0.691. The summed E-state index contributed by atoms with van der Waals surface area (Å²) in [5.74, 6) is 0. The van der Waals surface area contributed by atoms with Crippen LogP contribution in [0, 0.1) is 0 Å². The number of nitrogens with zero attached hydrogens (tertiary/aromatic N) is 5. The average Bonchev–Trinajstić information content (AvgIpc) is 3.21. The first kappa shape index (κ1) is 21.3. The minimum Gasteiger partial charge on any atom is -0.378 e. The van der Waals surface area contributed by atoms with Gasteiger partial charge in [-0.3, -0.25) is 14.9 Å². The van der Waals surface area contributed by atoms with Gasteiger partial charge in [-0.15, -0.1) is 0 Å². The number of rotatable bonds is 5. The molecule has 0 bridgehead atoms. The van der Waals surface area contributed by atoms with E-state index in [0.29, 0.717) is 51.0 Å². The molecule has 10 nitrogen and oxygen atoms in total. The van der Waals surface area contributed by atoms with Crippen molar-refractivity contribution in [1.82, 2.24) is 29.4 Å². The van der Waals surface area contributed by atoms with Gasteiger partial charge in [-0.05, 0) is 29.3 Å². The van der Waals surface area contributed by atoms with E-state index in [9.17, 15) is 13.2 Å². The van der Waals surface area contributed by atoms with Gasteiger partial charge in [0.1, 0.15) is 4.90 Å². The number of amides is 2. The van der Waals surface area contributed by atoms with Crippen LogP contribution in [0.1, 0.15) is 16.8 Å². The number of carbonyl (C=O) groups is 1. The molecule has 0 radical (unpaired) electrons. The molecule has 0 atom stereocenters. The largest absolute Gasteiger partial charge is 0.378 e. The van der Waals surface area contributed by atoms with E-state index in [1.165, 1.54) is 10.5 Å². The molecule has 0 unspecified atom stereocenters. The zero-order chi connectivity index (χ0) is 22.1. The molecule has 5 heterocycles. The first-order valence-corrected chi connectivity index (χ1v) is 12.2. The van der Waals surface area contributed by atoms with Crippen molar-refractivity contribution in [2.75, 3.05) is 39.4 Å². The molecular formula is C21H26N6O4S. The molecule has 0 aromatic carbocycles. The molecule has 170 valence electrons. The number of piperazine rings is 1. The van der Waals surface area contributed by atoms with Crippen LogP contribution in [0.5, 0.6) is 0 Å². The van der Waals surface area contributed by atoms with E-state index in [-0.39, 0.29) is 17.5 Å². The lowest BCUT2D eigenvalue weighted by atomic mass is 10.2. The van der Waals surface area contributed by atoms with Crippen molar-refractivity contribution in [3.63, 3.8) is 0 Å². The standard InChI is InChI=1S/C21H26N6O4S/c28-21(26-12-16-3-4-22-9-17(16)13-26)24-10-18-1-2-20(11-23-18)32(29,30)27-7-5-25(6-8-27)19-14-31-15-19/h1-4,9,11,19H,5-8,10,12-15H2,(H,24,28). The van der Waals surface area contributed by atoms with Crippen LogP contribution in [0.15, 0.2) is 41.7 Å². The van der Waals surface area contributed by atoms with Gasteiger partial charge >= 0.3 is 6.03 Å². The number of ether oxygens (including phenoxy) is 1. The number of aromatic nitrogens is 2. The fraction of sp³-hybridized carbons (Fsp3) is 0.476. The SMILES string of the molecule is O=C(NCc1ccc(S(=O)(=O)N2CCN(C3COC3)CC2)cn1)N1Cc2ccncc2C1. The Labute approximate surface area is 187 Å². The topological polar surface area (TPSA) is 108 Å². The first-order chi connectivity index (χ1) is 15.5. The van der Waals surface area contributed by atoms with Crippen LogP contribution in [0.2, 0.25) is 0 Å². The number of carbonyl (C=O) groups excluding carboxylic acids is 1. The Morgan fingerprint density at radius 2 is 1.84 bits per heavy atom. The number of hydrogen-bond acceptors (Lipinski definition) is 7. The molecule has 0 saturated carbocycles. The molecule has 2 amide bonds. The Bertz CT molecular complexity index is 1060. The lowest BCUT2D eigenvalue weighted by molar-refractivity contribution is -0.0721. The number of fused-ring (bicyclic) bond motifs is 1. The summed E-state index contributed by atoms with van der Waals surface area (Å²) in [7, 11) is -3.58. The summed E-state index contributed by atoms with van der Waals surface area (Å²) in [6, 6.07) is 5.37. The van der Waals surface area contributed by atoms with Gasteiger partial charge in [0.2, 0.25) is 10.0 Å². The van der Waals surface area contributed by atoms with Crippen LogP contribution >= 0.6 is 0 Å². The predicted octanol–water partition coefficient (Wildman–Crippen LogP) is 0.407. The highest BCUT2D eigenvalue weighted by atomic mass is 32.2. The molecule has 1 N–H and O–H groups in total. The van der Waals surface area contributed by atoms with Crippen LogP contribution in [0.4, 0.5) is 4.79 Å². The number of hydrogen-bond donors (Lipinski definition) is 1. The molecule has 3 aliphatic heterocycles. The van der Waals surface area contributed by atoms with Gasteiger partial charge < -0.3 is 15.0 Å². The number of urea groups is 1. The smallest absolute Gasteiger partial charge is 0.318 e. The average molecular weight is 459 g/mol. The van der Waals surface area contributed by atoms with E-state index < -0.39 is 10.0 Å². The third-order valence-electron chi connectivity index (χ3n) is 6.28. The first-order valence-electron chi connectivity index (χ1n) is 10.7. The van der Waals surface area contributed by atoms with E-state index in [1.807, 2.05) is 6.07 Å². The summed E-state index contributed by atoms with van der Waals surface area (Å²) in [5, 5.41) is 2.85. The van der Waals surface area contributed by atoms with Crippen LogP contribution in [-0.2, 0) is 34.4 Å². The summed E-state index contributed by atoms with van der Waals surface area (Å²) in [6.07, 6.45) is 4.88. The summed E-state index contributed by atoms with van der Waals surface area (Å²) in [6.45, 7) is 5.12. The molecule has 3 aliphatic rings. The molecule has 2 saturated heterocycles. The van der Waals surface area contributed by atoms with Crippen molar-refractivity contribution >= 4 is 16.1 Å². The van der Waals surface area contributed by atoms with Gasteiger partial charge in [-0.2, -0.15) is 4.31 Å². The highest BCUT2D eigenvalue weighted by Gasteiger charge is 2.33. The van der Waals surface area contributed by atoms with Crippen LogP contribution < -0.4 is 5.32 Å². The van der Waals surface area contributed by atoms with Gasteiger partial charge in [0.25, 0.3) is 0 Å². The molecule has 2 aromatic rings. The Kier molecular flexibility index (Phi) is 5.80. The number of sulfonamides is 1. The van der Waals surface area contributed by atoms with Crippen molar-refractivity contribution in [2.24, 2.45) is 0 Å². The Morgan fingerprint density at radius 1 is 1.06 bits per heavy atom. The van der Waals surface area contributed by atoms with E-state index in [1.54, 1.807) is 29.4 Å². The molecule has 32 heavy (non-hydrogen) atoms. The minimum absolute atomic E-state index is 0.176. The second kappa shape index (κ2) is 8.74. The Morgan fingerprint density at radius 3 is 2.50 bits per heavy atom. The van der Waals surface area contributed by atoms with E-state index in [0.717, 1.165) is 24.3 Å². The maximum absolute atomic E-state index is 13.0. The van der Waals surface area contributed by atoms with Crippen LogP contribution in [-0.4, -0.2) is 84.0 Å². The van der Waals surface area contributed by atoms with Gasteiger partial charge in [-0.25, -0.2) is 13.2 Å². The third-order valence-corrected chi connectivity index (χ3v) is 8.16. The fourth-order valence-corrected chi connectivity index (χ4v) is 5.57. The molecule has 11 heteroatoms. The highest BCUT2D eigenvalue weighted by molar-refractivity contribution is 7.89. The number of pyridine rings is 2. The molecule has 0 spiro atoms. The van der Waals surface area contributed by atoms with E-state index >= 15 is 0 Å². The monoisotopic (exact) mass is 458 g/mol. The summed E-state index contributed by atoms with van der Waals surface area (Å²) < 4.78 is 32.7. The third kappa shape index (κ3) is 4.20. The maximum atomic E-state index is 13.0. The maximum Gasteiger partial charge on any atom is 0.318 e. The normalized spacial score (nSPS) is 20.1. The van der Waals surface area contributed by atoms with Crippen molar-refractivity contribution in [2.45, 2.75) is 30.6 Å². The zero-order valence-corrected chi connectivity index (χ0v) is 18.5. The van der Waals surface area contributed by atoms with Crippen molar-refractivity contribution in [1.29, 1.82) is 0 Å². The number of nitrogens with one attached hydrogen (secondary N) is 1. The van der Waals surface area contributed by atoms with Crippen molar-refractivity contribution < 1.29 is 17.9 Å². The fourth-order valence-electron chi connectivity index (χ4n) is 4.20. The lowest BCUT2D eigenvalue weighted by Crippen LogP contribution is -2.57.